The summed E-state index contributed by atoms with van der Waals surface area (Å²) in [4.78, 5) is 31.3. The first-order chi connectivity index (χ1) is 7.84. The molecule has 0 unspecified atom stereocenters. The molecule has 0 radical (unpaired) electrons. The van der Waals surface area contributed by atoms with Crippen LogP contribution < -0.4 is 0 Å². The molecule has 1 aromatic rings. The molecule has 1 aromatic carbocycles. The molecule has 0 saturated carbocycles. The second-order valence-electron chi connectivity index (χ2n) is 3.07. The van der Waals surface area contributed by atoms with Crippen molar-refractivity contribution in [2.75, 3.05) is 0 Å². The lowest BCUT2D eigenvalue weighted by molar-refractivity contribution is -0.384. The molecule has 1 rings (SSSR count). The molecule has 0 heterocycles. The van der Waals surface area contributed by atoms with Gasteiger partial charge < -0.3 is 10.2 Å². The van der Waals surface area contributed by atoms with Crippen molar-refractivity contribution in [2.24, 2.45) is 0 Å². The van der Waals surface area contributed by atoms with E-state index in [2.05, 4.69) is 0 Å². The zero-order chi connectivity index (χ0) is 13.2. The SMILES string of the molecule is O=C(O)C(C(=O)O)c1cc([N+](=O)[O-])ccc1Cl. The van der Waals surface area contributed by atoms with E-state index >= 15 is 0 Å². The summed E-state index contributed by atoms with van der Waals surface area (Å²) in [6, 6.07) is 3.00. The minimum absolute atomic E-state index is 0.148. The third-order valence-electron chi connectivity index (χ3n) is 2.00. The standard InChI is InChI=1S/C9H6ClNO6/c10-6-2-1-4(11(16)17)3-5(6)7(8(12)13)9(14)15/h1-3,7H,(H,12,13)(H,14,15). The van der Waals surface area contributed by atoms with Gasteiger partial charge in [0.15, 0.2) is 5.92 Å². The minimum Gasteiger partial charge on any atom is -0.480 e. The van der Waals surface area contributed by atoms with Gasteiger partial charge in [0.05, 0.1) is 4.92 Å². The van der Waals surface area contributed by atoms with Crippen molar-refractivity contribution in [3.63, 3.8) is 0 Å². The van der Waals surface area contributed by atoms with Gasteiger partial charge in [-0.15, -0.1) is 0 Å². The zero-order valence-corrected chi connectivity index (χ0v) is 8.92. The summed E-state index contributed by atoms with van der Waals surface area (Å²) in [5, 5.41) is 27.8. The quantitative estimate of drug-likeness (QED) is 0.480. The Kier molecular flexibility index (Phi) is 3.64. The molecule has 8 heteroatoms. The van der Waals surface area contributed by atoms with Gasteiger partial charge in [-0.3, -0.25) is 19.7 Å². The third kappa shape index (κ3) is 2.70. The number of carbonyl (C=O) groups is 2. The first kappa shape index (κ1) is 12.9. The van der Waals surface area contributed by atoms with Crippen molar-refractivity contribution in [1.29, 1.82) is 0 Å². The molecule has 0 bridgehead atoms. The monoisotopic (exact) mass is 259 g/mol. The van der Waals surface area contributed by atoms with E-state index in [4.69, 9.17) is 21.8 Å². The van der Waals surface area contributed by atoms with Crippen LogP contribution in [0.1, 0.15) is 11.5 Å². The Morgan fingerprint density at radius 2 is 1.82 bits per heavy atom. The molecule has 0 aromatic heterocycles. The fraction of sp³-hybridized carbons (Fsp3) is 0.111. The molecular formula is C9H6ClNO6. The maximum Gasteiger partial charge on any atom is 0.322 e. The number of nitro groups is 1. The second-order valence-corrected chi connectivity index (χ2v) is 3.48. The molecule has 0 atom stereocenters. The highest BCUT2D eigenvalue weighted by Crippen LogP contribution is 2.29. The van der Waals surface area contributed by atoms with E-state index in [1.165, 1.54) is 0 Å². The van der Waals surface area contributed by atoms with E-state index in [-0.39, 0.29) is 10.6 Å². The molecule has 0 aliphatic carbocycles. The number of halogens is 1. The number of nitro benzene ring substituents is 1. The number of nitrogens with zero attached hydrogens (tertiary/aromatic N) is 1. The fourth-order valence-electron chi connectivity index (χ4n) is 1.24. The number of aliphatic carboxylic acids is 2. The van der Waals surface area contributed by atoms with E-state index < -0.39 is 28.5 Å². The molecule has 90 valence electrons. The van der Waals surface area contributed by atoms with E-state index in [1.54, 1.807) is 0 Å². The van der Waals surface area contributed by atoms with Crippen LogP contribution in [0.5, 0.6) is 0 Å². The summed E-state index contributed by atoms with van der Waals surface area (Å²) >= 11 is 5.63. The van der Waals surface area contributed by atoms with Crippen molar-refractivity contribution >= 4 is 29.2 Å². The minimum atomic E-state index is -1.93. The maximum atomic E-state index is 10.8. The predicted octanol–water partition coefficient (Wildman–Crippen LogP) is 1.50. The van der Waals surface area contributed by atoms with E-state index in [0.29, 0.717) is 0 Å². The van der Waals surface area contributed by atoms with Crippen molar-refractivity contribution < 1.29 is 24.7 Å². The highest BCUT2D eigenvalue weighted by atomic mass is 35.5. The number of hydrogen-bond acceptors (Lipinski definition) is 4. The van der Waals surface area contributed by atoms with Crippen molar-refractivity contribution in [2.45, 2.75) is 5.92 Å². The molecule has 2 N–H and O–H groups in total. The summed E-state index contributed by atoms with van der Waals surface area (Å²) in [7, 11) is 0. The van der Waals surface area contributed by atoms with Gasteiger partial charge in [-0.05, 0) is 6.07 Å². The Bertz CT molecular complexity index is 486. The Morgan fingerprint density at radius 1 is 1.29 bits per heavy atom. The molecule has 0 spiro atoms. The molecule has 0 aliphatic rings. The third-order valence-corrected chi connectivity index (χ3v) is 2.34. The van der Waals surface area contributed by atoms with Gasteiger partial charge in [0, 0.05) is 22.7 Å². The summed E-state index contributed by atoms with van der Waals surface area (Å²) in [6.07, 6.45) is 0. The Morgan fingerprint density at radius 3 is 2.24 bits per heavy atom. The van der Waals surface area contributed by atoms with E-state index in [9.17, 15) is 19.7 Å². The Balaban J connectivity index is 3.36. The van der Waals surface area contributed by atoms with Crippen LogP contribution in [-0.4, -0.2) is 27.1 Å². The highest BCUT2D eigenvalue weighted by Gasteiger charge is 2.31. The van der Waals surface area contributed by atoms with Crippen molar-refractivity contribution in [1.82, 2.24) is 0 Å². The van der Waals surface area contributed by atoms with Gasteiger partial charge in [0.25, 0.3) is 5.69 Å². The Hall–Kier alpha value is -2.15. The largest absolute Gasteiger partial charge is 0.480 e. The number of benzene rings is 1. The topological polar surface area (TPSA) is 118 Å². The van der Waals surface area contributed by atoms with Crippen LogP contribution in [0.4, 0.5) is 5.69 Å². The van der Waals surface area contributed by atoms with Gasteiger partial charge in [0.1, 0.15) is 0 Å². The first-order valence-corrected chi connectivity index (χ1v) is 4.62. The summed E-state index contributed by atoms with van der Waals surface area (Å²) in [6.45, 7) is 0. The molecule has 7 nitrogen and oxygen atoms in total. The van der Waals surface area contributed by atoms with Gasteiger partial charge in [-0.1, -0.05) is 11.6 Å². The van der Waals surface area contributed by atoms with Gasteiger partial charge in [-0.25, -0.2) is 0 Å². The lowest BCUT2D eigenvalue weighted by Crippen LogP contribution is -2.21. The number of hydrogen-bond donors (Lipinski definition) is 2. The smallest absolute Gasteiger partial charge is 0.322 e. The Labute approximate surface area is 99.4 Å². The summed E-state index contributed by atoms with van der Waals surface area (Å²) in [5.74, 6) is -5.21. The number of carboxylic acid groups (broad SMARTS) is 2. The van der Waals surface area contributed by atoms with Crippen LogP contribution in [0.15, 0.2) is 18.2 Å². The maximum absolute atomic E-state index is 10.8. The van der Waals surface area contributed by atoms with E-state index in [0.717, 1.165) is 18.2 Å². The van der Waals surface area contributed by atoms with Crippen molar-refractivity contribution in [3.05, 3.63) is 38.9 Å². The summed E-state index contributed by atoms with van der Waals surface area (Å²) in [5.41, 5.74) is -0.738. The second kappa shape index (κ2) is 4.79. The average Bonchev–Trinajstić information content (AvgIpc) is 2.19. The van der Waals surface area contributed by atoms with Crippen LogP contribution in [0.3, 0.4) is 0 Å². The fourth-order valence-corrected chi connectivity index (χ4v) is 1.46. The molecular weight excluding hydrogens is 254 g/mol. The molecule has 0 fully saturated rings. The molecule has 0 aliphatic heterocycles. The van der Waals surface area contributed by atoms with Gasteiger partial charge in [-0.2, -0.15) is 0 Å². The van der Waals surface area contributed by atoms with Crippen LogP contribution in [0.25, 0.3) is 0 Å². The number of rotatable bonds is 4. The lowest BCUT2D eigenvalue weighted by Gasteiger charge is -2.09. The van der Waals surface area contributed by atoms with Gasteiger partial charge in [0.2, 0.25) is 0 Å². The van der Waals surface area contributed by atoms with Crippen LogP contribution in [-0.2, 0) is 9.59 Å². The normalized spacial score (nSPS) is 10.2. The molecule has 0 saturated heterocycles. The summed E-state index contributed by atoms with van der Waals surface area (Å²) < 4.78 is 0. The van der Waals surface area contributed by atoms with Crippen LogP contribution in [0.2, 0.25) is 5.02 Å². The van der Waals surface area contributed by atoms with Crippen LogP contribution in [0, 0.1) is 10.1 Å². The highest BCUT2D eigenvalue weighted by molar-refractivity contribution is 6.32. The van der Waals surface area contributed by atoms with E-state index in [1.807, 2.05) is 0 Å². The van der Waals surface area contributed by atoms with Gasteiger partial charge >= 0.3 is 11.9 Å². The number of carboxylic acids is 2. The first-order valence-electron chi connectivity index (χ1n) is 4.24. The number of non-ortho nitro benzene ring substituents is 1. The van der Waals surface area contributed by atoms with Crippen LogP contribution >= 0.6 is 11.6 Å². The zero-order valence-electron chi connectivity index (χ0n) is 8.16. The predicted molar refractivity (Wildman–Crippen MR) is 56.1 cm³/mol. The lowest BCUT2D eigenvalue weighted by atomic mass is 9.99. The molecule has 0 amide bonds. The average molecular weight is 260 g/mol. The molecule has 17 heavy (non-hydrogen) atoms. The van der Waals surface area contributed by atoms with Crippen molar-refractivity contribution in [3.8, 4) is 0 Å².